The summed E-state index contributed by atoms with van der Waals surface area (Å²) in [6.07, 6.45) is 4.19. The minimum atomic E-state index is -3.67. The lowest BCUT2D eigenvalue weighted by molar-refractivity contribution is 0.0736. The van der Waals surface area contributed by atoms with Crippen LogP contribution in [0.2, 0.25) is 0 Å². The van der Waals surface area contributed by atoms with Crippen LogP contribution in [0.5, 0.6) is 5.75 Å². The summed E-state index contributed by atoms with van der Waals surface area (Å²) in [6.45, 7) is 2.71. The topological polar surface area (TPSA) is 97.8 Å². The van der Waals surface area contributed by atoms with Crippen LogP contribution >= 0.6 is 0 Å². The maximum atomic E-state index is 12.4. The Morgan fingerprint density at radius 3 is 2.95 bits per heavy atom. The van der Waals surface area contributed by atoms with E-state index in [0.717, 1.165) is 0 Å². The van der Waals surface area contributed by atoms with Gasteiger partial charge in [-0.15, -0.1) is 0 Å². The third kappa shape index (κ3) is 2.74. The van der Waals surface area contributed by atoms with Crippen LogP contribution in [0, 0.1) is 0 Å². The Kier molecular flexibility index (Phi) is 3.94. The van der Waals surface area contributed by atoms with Crippen LogP contribution in [0.1, 0.15) is 6.92 Å². The fourth-order valence-electron chi connectivity index (χ4n) is 2.34. The highest BCUT2D eigenvalue weighted by atomic mass is 32.2. The molecule has 2 aromatic heterocycles. The largest absolute Gasteiger partial charge is 0.483 e. The maximum absolute atomic E-state index is 12.4. The normalized spacial score (nSPS) is 23.0. The molecule has 0 spiro atoms. The van der Waals surface area contributed by atoms with Gasteiger partial charge in [0, 0.05) is 13.1 Å². The Bertz CT molecular complexity index is 725. The van der Waals surface area contributed by atoms with Crippen molar-refractivity contribution in [3.8, 4) is 5.75 Å². The summed E-state index contributed by atoms with van der Waals surface area (Å²) in [5.74, 6) is 0.508. The minimum absolute atomic E-state index is 0.0138. The monoisotopic (exact) mass is 327 g/mol. The SMILES string of the molecule is CCn1cc(O[C@@H]2CN(S(=O)(=O)c3ccoc3)C[C@H]2O)cn1. The first-order valence-electron chi connectivity index (χ1n) is 6.90. The number of aliphatic hydroxyl groups is 1. The predicted molar refractivity (Wildman–Crippen MR) is 75.8 cm³/mol. The van der Waals surface area contributed by atoms with Gasteiger partial charge in [0.2, 0.25) is 10.0 Å². The molecule has 2 atom stereocenters. The molecular weight excluding hydrogens is 310 g/mol. The zero-order valence-electron chi connectivity index (χ0n) is 12.0. The summed E-state index contributed by atoms with van der Waals surface area (Å²) in [5, 5.41) is 14.1. The van der Waals surface area contributed by atoms with E-state index in [0.29, 0.717) is 12.3 Å². The number of β-amino-alcohol motifs (C(OH)–C–C–N with tert-alkyl or cyclic N) is 1. The second-order valence-corrected chi connectivity index (χ2v) is 6.97. The molecule has 3 heterocycles. The van der Waals surface area contributed by atoms with Crippen LogP contribution in [-0.2, 0) is 16.6 Å². The first kappa shape index (κ1) is 15.1. The fraction of sp³-hybridized carbons (Fsp3) is 0.462. The summed E-state index contributed by atoms with van der Waals surface area (Å²) in [6, 6.07) is 1.38. The van der Waals surface area contributed by atoms with Crippen molar-refractivity contribution in [1.29, 1.82) is 0 Å². The molecule has 8 nitrogen and oxygen atoms in total. The van der Waals surface area contributed by atoms with Gasteiger partial charge in [0.05, 0.1) is 25.2 Å². The smallest absolute Gasteiger partial charge is 0.246 e. The average molecular weight is 327 g/mol. The highest BCUT2D eigenvalue weighted by Crippen LogP contribution is 2.24. The molecule has 120 valence electrons. The maximum Gasteiger partial charge on any atom is 0.246 e. The summed E-state index contributed by atoms with van der Waals surface area (Å²) in [7, 11) is -3.67. The van der Waals surface area contributed by atoms with E-state index in [1.807, 2.05) is 6.92 Å². The van der Waals surface area contributed by atoms with Crippen molar-refractivity contribution < 1.29 is 22.7 Å². The van der Waals surface area contributed by atoms with Crippen molar-refractivity contribution in [1.82, 2.24) is 14.1 Å². The quantitative estimate of drug-likeness (QED) is 0.849. The molecule has 0 saturated carbocycles. The van der Waals surface area contributed by atoms with Gasteiger partial charge in [-0.25, -0.2) is 8.42 Å². The lowest BCUT2D eigenvalue weighted by Crippen LogP contribution is -2.31. The van der Waals surface area contributed by atoms with Gasteiger partial charge in [-0.1, -0.05) is 0 Å². The second kappa shape index (κ2) is 5.75. The third-order valence-electron chi connectivity index (χ3n) is 3.56. The van der Waals surface area contributed by atoms with Crippen LogP contribution < -0.4 is 4.74 Å². The summed E-state index contributed by atoms with van der Waals surface area (Å²) in [5.41, 5.74) is 0. The van der Waals surface area contributed by atoms with Crippen molar-refractivity contribution in [2.75, 3.05) is 13.1 Å². The van der Waals surface area contributed by atoms with Crippen LogP contribution in [0.25, 0.3) is 0 Å². The molecule has 1 aliphatic rings. The average Bonchev–Trinajstić information content (AvgIpc) is 3.21. The van der Waals surface area contributed by atoms with Crippen molar-refractivity contribution in [2.24, 2.45) is 0 Å². The standard InChI is InChI=1S/C13H17N3O5S/c1-2-15-6-10(5-14-15)21-13-8-16(7-12(13)17)22(18,19)11-3-4-20-9-11/h3-6,9,12-13,17H,2,7-8H2,1H3/t12-,13-/m1/s1. The van der Waals surface area contributed by atoms with Crippen LogP contribution in [0.15, 0.2) is 40.3 Å². The number of nitrogens with zero attached hydrogens (tertiary/aromatic N) is 3. The van der Waals surface area contributed by atoms with Crippen LogP contribution in [0.4, 0.5) is 0 Å². The van der Waals surface area contributed by atoms with Gasteiger partial charge in [-0.2, -0.15) is 9.40 Å². The molecule has 0 unspecified atom stereocenters. The number of aryl methyl sites for hydroxylation is 1. The van der Waals surface area contributed by atoms with Crippen molar-refractivity contribution in [3.05, 3.63) is 31.0 Å². The number of hydrogen-bond donors (Lipinski definition) is 1. The number of hydrogen-bond acceptors (Lipinski definition) is 6. The minimum Gasteiger partial charge on any atom is -0.483 e. The number of furan rings is 1. The lowest BCUT2D eigenvalue weighted by atomic mass is 10.3. The zero-order valence-corrected chi connectivity index (χ0v) is 12.8. The van der Waals surface area contributed by atoms with Crippen molar-refractivity contribution >= 4 is 10.0 Å². The molecule has 1 fully saturated rings. The van der Waals surface area contributed by atoms with E-state index < -0.39 is 22.2 Å². The Balaban J connectivity index is 1.72. The van der Waals surface area contributed by atoms with E-state index in [-0.39, 0.29) is 18.0 Å². The molecule has 3 rings (SSSR count). The molecule has 0 aromatic carbocycles. The molecule has 1 aliphatic heterocycles. The number of rotatable bonds is 5. The summed E-state index contributed by atoms with van der Waals surface area (Å²) < 4.78 is 38.1. The van der Waals surface area contributed by atoms with Crippen molar-refractivity contribution in [3.63, 3.8) is 0 Å². The molecule has 1 N–H and O–H groups in total. The highest BCUT2D eigenvalue weighted by Gasteiger charge is 2.40. The number of aromatic nitrogens is 2. The van der Waals surface area contributed by atoms with E-state index in [4.69, 9.17) is 9.15 Å². The van der Waals surface area contributed by atoms with E-state index in [1.165, 1.54) is 22.9 Å². The second-order valence-electron chi connectivity index (χ2n) is 5.04. The Morgan fingerprint density at radius 1 is 1.50 bits per heavy atom. The van der Waals surface area contributed by atoms with Gasteiger partial charge < -0.3 is 14.3 Å². The number of ether oxygens (including phenoxy) is 1. The molecule has 22 heavy (non-hydrogen) atoms. The first-order chi connectivity index (χ1) is 10.5. The molecular formula is C13H17N3O5S. The molecule has 0 bridgehead atoms. The van der Waals surface area contributed by atoms with E-state index in [9.17, 15) is 13.5 Å². The predicted octanol–water partition coefficient (Wildman–Crippen LogP) is 0.309. The Labute approximate surface area is 128 Å². The number of aliphatic hydroxyl groups excluding tert-OH is 1. The summed E-state index contributed by atoms with van der Waals surface area (Å²) in [4.78, 5) is 0.0687. The van der Waals surface area contributed by atoms with Gasteiger partial charge in [-0.05, 0) is 13.0 Å². The molecule has 0 amide bonds. The van der Waals surface area contributed by atoms with Crippen molar-refractivity contribution in [2.45, 2.75) is 30.6 Å². The zero-order chi connectivity index (χ0) is 15.7. The van der Waals surface area contributed by atoms with Crippen LogP contribution in [-0.4, -0.2) is 52.9 Å². The highest BCUT2D eigenvalue weighted by molar-refractivity contribution is 7.89. The van der Waals surface area contributed by atoms with Gasteiger partial charge in [0.15, 0.2) is 5.75 Å². The lowest BCUT2D eigenvalue weighted by Gasteiger charge is -2.15. The molecule has 1 saturated heterocycles. The molecule has 0 radical (unpaired) electrons. The molecule has 0 aliphatic carbocycles. The van der Waals surface area contributed by atoms with E-state index in [1.54, 1.807) is 17.1 Å². The Morgan fingerprint density at radius 2 is 2.32 bits per heavy atom. The van der Waals surface area contributed by atoms with Gasteiger partial charge in [0.1, 0.15) is 23.4 Å². The van der Waals surface area contributed by atoms with Crippen LogP contribution in [0.3, 0.4) is 0 Å². The van der Waals surface area contributed by atoms with Gasteiger partial charge >= 0.3 is 0 Å². The van der Waals surface area contributed by atoms with Gasteiger partial charge in [-0.3, -0.25) is 4.68 Å². The van der Waals surface area contributed by atoms with E-state index in [2.05, 4.69) is 5.10 Å². The first-order valence-corrected chi connectivity index (χ1v) is 8.34. The molecule has 2 aromatic rings. The molecule has 9 heteroatoms. The van der Waals surface area contributed by atoms with Gasteiger partial charge in [0.25, 0.3) is 0 Å². The summed E-state index contributed by atoms with van der Waals surface area (Å²) >= 11 is 0. The number of sulfonamides is 1. The fourth-order valence-corrected chi connectivity index (χ4v) is 3.73. The Hall–Kier alpha value is -1.84. The third-order valence-corrected chi connectivity index (χ3v) is 5.36. The van der Waals surface area contributed by atoms with E-state index >= 15 is 0 Å².